The van der Waals surface area contributed by atoms with Crippen LogP contribution in [0.1, 0.15) is 0 Å². The molecule has 0 fully saturated rings. The van der Waals surface area contributed by atoms with E-state index in [1.54, 1.807) is 0 Å². The van der Waals surface area contributed by atoms with E-state index in [2.05, 4.69) is 0 Å². The van der Waals surface area contributed by atoms with Crippen molar-refractivity contribution in [1.82, 2.24) is 0 Å². The quantitative estimate of drug-likeness (QED) is 0.240. The van der Waals surface area contributed by atoms with Crippen molar-refractivity contribution in [3.05, 3.63) is 44.5 Å². The largest absolute Gasteiger partial charge is 1.00 e. The molecule has 0 aromatic heterocycles. The summed E-state index contributed by atoms with van der Waals surface area (Å²) in [6, 6.07) is 3.15. The maximum Gasteiger partial charge on any atom is 1.00 e. The van der Waals surface area contributed by atoms with Crippen molar-refractivity contribution in [2.45, 2.75) is 4.90 Å². The third kappa shape index (κ3) is 4.39. The van der Waals surface area contributed by atoms with E-state index in [0.717, 1.165) is 18.2 Å². The molecular formula is C10H6N2Na2O8S+2. The summed E-state index contributed by atoms with van der Waals surface area (Å²) in [6.07, 6.45) is 0. The number of benzene rings is 2. The molecule has 0 aliphatic heterocycles. The van der Waals surface area contributed by atoms with E-state index in [0.29, 0.717) is 6.07 Å². The van der Waals surface area contributed by atoms with Gasteiger partial charge in [-0.1, -0.05) is 0 Å². The molecule has 0 saturated carbocycles. The predicted molar refractivity (Wildman–Crippen MR) is 68.7 cm³/mol. The van der Waals surface area contributed by atoms with Crippen molar-refractivity contribution < 1.29 is 87.0 Å². The molecule has 2 aromatic rings. The molecule has 110 valence electrons. The average Bonchev–Trinajstić information content (AvgIpc) is 2.36. The van der Waals surface area contributed by atoms with Crippen LogP contribution < -0.4 is 59.1 Å². The molecule has 23 heavy (non-hydrogen) atoms. The number of phenolic OH excluding ortho intramolecular Hbond substituents is 1. The molecule has 2 aromatic carbocycles. The zero-order chi connectivity index (χ0) is 15.9. The number of non-ortho nitro benzene ring substituents is 1. The van der Waals surface area contributed by atoms with Gasteiger partial charge < -0.3 is 5.11 Å². The van der Waals surface area contributed by atoms with E-state index in [-0.39, 0.29) is 64.5 Å². The van der Waals surface area contributed by atoms with Gasteiger partial charge >= 0.3 is 64.8 Å². The molecule has 2 rings (SSSR count). The van der Waals surface area contributed by atoms with Crippen molar-refractivity contribution in [2.75, 3.05) is 0 Å². The first-order valence-corrected chi connectivity index (χ1v) is 6.63. The molecule has 0 aliphatic rings. The van der Waals surface area contributed by atoms with E-state index in [4.69, 9.17) is 4.55 Å². The fourth-order valence-corrected chi connectivity index (χ4v) is 2.31. The molecule has 0 atom stereocenters. The Morgan fingerprint density at radius 1 is 0.913 bits per heavy atom. The number of fused-ring (bicyclic) bond motifs is 1. The molecule has 10 nitrogen and oxygen atoms in total. The Bertz CT molecular complexity index is 899. The molecule has 0 heterocycles. The number of hydrogen-bond donors (Lipinski definition) is 2. The molecule has 0 saturated heterocycles. The van der Waals surface area contributed by atoms with Crippen LogP contribution >= 0.6 is 0 Å². The molecule has 0 radical (unpaired) electrons. The van der Waals surface area contributed by atoms with Gasteiger partial charge in [-0.25, -0.2) is 0 Å². The van der Waals surface area contributed by atoms with Crippen molar-refractivity contribution in [2.24, 2.45) is 0 Å². The van der Waals surface area contributed by atoms with Gasteiger partial charge in [-0.05, 0) is 18.2 Å². The minimum absolute atomic E-state index is 0. The van der Waals surface area contributed by atoms with Gasteiger partial charge in [-0.2, -0.15) is 8.42 Å². The Hall–Kier alpha value is -0.790. The Labute approximate surface area is 173 Å². The number of nitrogens with zero attached hydrogens (tertiary/aromatic N) is 2. The fraction of sp³-hybridized carbons (Fsp3) is 0. The number of rotatable bonds is 3. The predicted octanol–water partition coefficient (Wildman–Crippen LogP) is -4.38. The van der Waals surface area contributed by atoms with Crippen LogP contribution in [0.15, 0.2) is 29.2 Å². The van der Waals surface area contributed by atoms with Gasteiger partial charge in [0.15, 0.2) is 0 Å². The summed E-state index contributed by atoms with van der Waals surface area (Å²) in [4.78, 5) is 19.1. The fourth-order valence-electron chi connectivity index (χ4n) is 1.81. The molecule has 0 aliphatic carbocycles. The topological polar surface area (TPSA) is 161 Å². The summed E-state index contributed by atoms with van der Waals surface area (Å²) >= 11 is 0. The molecule has 0 spiro atoms. The first kappa shape index (κ1) is 22.2. The van der Waals surface area contributed by atoms with Crippen LogP contribution in [0.4, 0.5) is 11.4 Å². The van der Waals surface area contributed by atoms with Crippen molar-refractivity contribution in [3.63, 3.8) is 0 Å². The number of phenols is 1. The smallest absolute Gasteiger partial charge is 0.502 e. The van der Waals surface area contributed by atoms with Gasteiger partial charge in [-0.3, -0.25) is 24.8 Å². The second-order valence-corrected chi connectivity index (χ2v) is 5.38. The molecular weight excluding hydrogens is 354 g/mol. The van der Waals surface area contributed by atoms with Gasteiger partial charge in [0.25, 0.3) is 15.8 Å². The number of hydrogen-bond acceptors (Lipinski definition) is 7. The van der Waals surface area contributed by atoms with Gasteiger partial charge in [0, 0.05) is 5.39 Å². The van der Waals surface area contributed by atoms with Crippen molar-refractivity contribution in [3.8, 4) is 5.75 Å². The van der Waals surface area contributed by atoms with E-state index in [1.807, 2.05) is 0 Å². The second-order valence-electron chi connectivity index (χ2n) is 3.96. The minimum Gasteiger partial charge on any atom is -0.502 e. The number of nitro groups is 2. The Morgan fingerprint density at radius 2 is 1.43 bits per heavy atom. The van der Waals surface area contributed by atoms with E-state index in [9.17, 15) is 33.8 Å². The SMILES string of the molecule is O=[N+]([O-])c1cc([N+](=O)[O-])c2ccc(S(=O)(=O)O)cc2c1O.[Na+].[Na+]. The summed E-state index contributed by atoms with van der Waals surface area (Å²) in [5, 5.41) is 30.8. The Balaban J connectivity index is 0.00000242. The van der Waals surface area contributed by atoms with Crippen LogP contribution in [0.2, 0.25) is 0 Å². The van der Waals surface area contributed by atoms with Gasteiger partial charge in [0.2, 0.25) is 5.75 Å². The minimum atomic E-state index is -4.63. The Morgan fingerprint density at radius 3 is 1.87 bits per heavy atom. The Kier molecular flexibility index (Phi) is 7.59. The molecule has 0 unspecified atom stereocenters. The van der Waals surface area contributed by atoms with Crippen LogP contribution in [-0.2, 0) is 10.1 Å². The maximum absolute atomic E-state index is 11.0. The van der Waals surface area contributed by atoms with Gasteiger partial charge in [-0.15, -0.1) is 0 Å². The van der Waals surface area contributed by atoms with Crippen molar-refractivity contribution >= 4 is 32.3 Å². The first-order valence-electron chi connectivity index (χ1n) is 5.19. The van der Waals surface area contributed by atoms with Crippen LogP contribution in [0.3, 0.4) is 0 Å². The summed E-state index contributed by atoms with van der Waals surface area (Å²) in [6.45, 7) is 0. The van der Waals surface area contributed by atoms with Crippen LogP contribution in [-0.4, -0.2) is 27.9 Å². The van der Waals surface area contributed by atoms with Crippen LogP contribution in [0.5, 0.6) is 5.75 Å². The first-order chi connectivity index (χ1) is 9.62. The van der Waals surface area contributed by atoms with Crippen LogP contribution in [0.25, 0.3) is 10.8 Å². The monoisotopic (exact) mass is 360 g/mol. The van der Waals surface area contributed by atoms with Crippen molar-refractivity contribution in [1.29, 1.82) is 0 Å². The summed E-state index contributed by atoms with van der Waals surface area (Å²) in [5.41, 5.74) is -1.61. The molecule has 0 bridgehead atoms. The number of aromatic hydroxyl groups is 1. The summed E-state index contributed by atoms with van der Waals surface area (Å²) < 4.78 is 31.0. The molecule has 13 heteroatoms. The van der Waals surface area contributed by atoms with E-state index >= 15 is 0 Å². The molecule has 2 N–H and O–H groups in total. The maximum atomic E-state index is 11.0. The summed E-state index contributed by atoms with van der Waals surface area (Å²) in [7, 11) is -4.63. The number of nitro benzene ring substituents is 2. The third-order valence-electron chi connectivity index (χ3n) is 2.73. The normalized spacial score (nSPS) is 10.5. The zero-order valence-electron chi connectivity index (χ0n) is 12.0. The van der Waals surface area contributed by atoms with Gasteiger partial charge in [0.05, 0.1) is 26.2 Å². The van der Waals surface area contributed by atoms with E-state index in [1.165, 1.54) is 0 Å². The third-order valence-corrected chi connectivity index (χ3v) is 3.58. The van der Waals surface area contributed by atoms with Crippen LogP contribution in [0, 0.1) is 20.2 Å². The zero-order valence-corrected chi connectivity index (χ0v) is 16.8. The van der Waals surface area contributed by atoms with E-state index < -0.39 is 47.4 Å². The summed E-state index contributed by atoms with van der Waals surface area (Å²) in [5.74, 6) is -0.925. The van der Waals surface area contributed by atoms with Gasteiger partial charge in [0.1, 0.15) is 0 Å². The second kappa shape index (κ2) is 7.85. The standard InChI is InChI=1S/C10H6N2O8S.2Na/c13-10-7-3-5(21(18,19)20)1-2-6(7)8(11(14)15)4-9(10)12(16)17;;/h1-4,13H,(H,18,19,20);;/q;2*+1. The average molecular weight is 360 g/mol. The molecule has 0 amide bonds.